The highest BCUT2D eigenvalue weighted by Gasteiger charge is 2.14. The summed E-state index contributed by atoms with van der Waals surface area (Å²) in [7, 11) is 1.40. The number of aromatic hydroxyl groups is 1. The zero-order valence-electron chi connectivity index (χ0n) is 12.5. The lowest BCUT2D eigenvalue weighted by molar-refractivity contribution is -0.112. The molecule has 24 heavy (non-hydrogen) atoms. The average Bonchev–Trinajstić information content (AvgIpc) is 2.57. The van der Waals surface area contributed by atoms with E-state index in [9.17, 15) is 19.6 Å². The fraction of sp³-hybridized carbons (Fsp3) is 0.0588. The van der Waals surface area contributed by atoms with E-state index in [0.29, 0.717) is 0 Å². The van der Waals surface area contributed by atoms with Crippen LogP contribution in [-0.4, -0.2) is 18.1 Å². The zero-order chi connectivity index (χ0) is 17.7. The van der Waals surface area contributed by atoms with Crippen molar-refractivity contribution in [1.82, 2.24) is 0 Å². The van der Waals surface area contributed by atoms with Crippen LogP contribution in [0.25, 0.3) is 6.08 Å². The molecule has 0 saturated carbocycles. The van der Waals surface area contributed by atoms with Gasteiger partial charge in [-0.05, 0) is 52.9 Å². The number of para-hydroxylation sites is 1. The minimum atomic E-state index is -0.778. The van der Waals surface area contributed by atoms with Crippen LogP contribution < -0.4 is 10.1 Å². The van der Waals surface area contributed by atoms with Crippen LogP contribution in [-0.2, 0) is 4.79 Å². The molecule has 122 valence electrons. The first-order valence-electron chi connectivity index (χ1n) is 6.70. The maximum Gasteiger partial charge on any atom is 0.266 e. The maximum absolute atomic E-state index is 13.6. The minimum Gasteiger partial charge on any atom is -0.504 e. The quantitative estimate of drug-likeness (QED) is 0.434. The SMILES string of the molecule is COc1cc(I)cc(/C=C(/C#N)C(=O)Nc2ccccc2F)c1O. The molecule has 7 heteroatoms. The van der Waals surface area contributed by atoms with Gasteiger partial charge in [-0.3, -0.25) is 4.79 Å². The van der Waals surface area contributed by atoms with Crippen molar-refractivity contribution < 1.29 is 19.0 Å². The summed E-state index contributed by atoms with van der Waals surface area (Å²) < 4.78 is 19.4. The van der Waals surface area contributed by atoms with Gasteiger partial charge in [-0.1, -0.05) is 12.1 Å². The van der Waals surface area contributed by atoms with Gasteiger partial charge in [0.05, 0.1) is 12.8 Å². The van der Waals surface area contributed by atoms with Crippen molar-refractivity contribution in [1.29, 1.82) is 5.26 Å². The Morgan fingerprint density at radius 3 is 2.75 bits per heavy atom. The van der Waals surface area contributed by atoms with Gasteiger partial charge in [0, 0.05) is 9.13 Å². The number of benzene rings is 2. The monoisotopic (exact) mass is 438 g/mol. The number of nitrogens with one attached hydrogen (secondary N) is 1. The fourth-order valence-corrected chi connectivity index (χ4v) is 2.53. The summed E-state index contributed by atoms with van der Waals surface area (Å²) in [5.74, 6) is -1.36. The Labute approximate surface area is 151 Å². The first-order valence-corrected chi connectivity index (χ1v) is 7.78. The van der Waals surface area contributed by atoms with E-state index in [0.717, 1.165) is 3.57 Å². The number of nitrogens with zero attached hydrogens (tertiary/aromatic N) is 1. The second kappa shape index (κ2) is 7.79. The Morgan fingerprint density at radius 2 is 2.12 bits per heavy atom. The molecule has 0 aromatic heterocycles. The number of methoxy groups -OCH3 is 1. The number of halogens is 2. The third-order valence-corrected chi connectivity index (χ3v) is 3.70. The van der Waals surface area contributed by atoms with Gasteiger partial charge in [0.25, 0.3) is 5.91 Å². The molecule has 2 aromatic rings. The van der Waals surface area contributed by atoms with E-state index in [1.54, 1.807) is 24.3 Å². The van der Waals surface area contributed by atoms with Crippen LogP contribution >= 0.6 is 22.6 Å². The van der Waals surface area contributed by atoms with Gasteiger partial charge in [-0.15, -0.1) is 0 Å². The molecule has 2 aromatic carbocycles. The first-order chi connectivity index (χ1) is 11.5. The Bertz CT molecular complexity index is 859. The van der Waals surface area contributed by atoms with E-state index in [1.165, 1.54) is 31.4 Å². The highest BCUT2D eigenvalue weighted by molar-refractivity contribution is 14.1. The summed E-state index contributed by atoms with van der Waals surface area (Å²) in [4.78, 5) is 12.2. The molecular formula is C17H12FIN2O3. The van der Waals surface area contributed by atoms with Crippen LogP contribution in [0.3, 0.4) is 0 Å². The van der Waals surface area contributed by atoms with Crippen LogP contribution in [0, 0.1) is 20.7 Å². The van der Waals surface area contributed by atoms with Crippen LogP contribution in [0.5, 0.6) is 11.5 Å². The number of hydrogen-bond acceptors (Lipinski definition) is 4. The molecule has 2 N–H and O–H groups in total. The first kappa shape index (κ1) is 17.7. The maximum atomic E-state index is 13.6. The van der Waals surface area contributed by atoms with E-state index in [-0.39, 0.29) is 28.3 Å². The van der Waals surface area contributed by atoms with Crippen molar-refractivity contribution in [3.05, 3.63) is 56.9 Å². The lowest BCUT2D eigenvalue weighted by atomic mass is 10.1. The Morgan fingerprint density at radius 1 is 1.42 bits per heavy atom. The molecule has 0 radical (unpaired) electrons. The second-order valence-corrected chi connectivity index (χ2v) is 5.90. The predicted octanol–water partition coefficient (Wildman–Crippen LogP) is 3.69. The summed E-state index contributed by atoms with van der Waals surface area (Å²) in [5.41, 5.74) is -0.0651. The molecular weight excluding hydrogens is 426 g/mol. The van der Waals surface area contributed by atoms with E-state index in [2.05, 4.69) is 5.32 Å². The lowest BCUT2D eigenvalue weighted by Gasteiger charge is -2.08. The van der Waals surface area contributed by atoms with Gasteiger partial charge in [0.15, 0.2) is 11.5 Å². The van der Waals surface area contributed by atoms with Gasteiger partial charge < -0.3 is 15.2 Å². The molecule has 0 spiro atoms. The normalized spacial score (nSPS) is 10.8. The number of anilines is 1. The smallest absolute Gasteiger partial charge is 0.266 e. The van der Waals surface area contributed by atoms with E-state index in [1.807, 2.05) is 22.6 Å². The zero-order valence-corrected chi connectivity index (χ0v) is 14.7. The molecule has 0 aliphatic carbocycles. The van der Waals surface area contributed by atoms with E-state index in [4.69, 9.17) is 4.74 Å². The van der Waals surface area contributed by atoms with Gasteiger partial charge in [0.2, 0.25) is 0 Å². The standard InChI is InChI=1S/C17H12FIN2O3/c1-24-15-8-12(19)7-10(16(15)22)6-11(9-20)17(23)21-14-5-3-2-4-13(14)18/h2-8,22H,1H3,(H,21,23)/b11-6-. The van der Waals surface area contributed by atoms with Crippen LogP contribution in [0.4, 0.5) is 10.1 Å². The van der Waals surface area contributed by atoms with Crippen molar-refractivity contribution >= 4 is 40.3 Å². The summed E-state index contributed by atoms with van der Waals surface area (Å²) in [6.45, 7) is 0. The molecule has 2 rings (SSSR count). The highest BCUT2D eigenvalue weighted by atomic mass is 127. The number of rotatable bonds is 4. The molecule has 0 atom stereocenters. The van der Waals surface area contributed by atoms with Crippen molar-refractivity contribution in [2.75, 3.05) is 12.4 Å². The number of phenolic OH excluding ortho intramolecular Hbond substituents is 1. The molecule has 0 unspecified atom stereocenters. The van der Waals surface area contributed by atoms with Crippen molar-refractivity contribution in [3.8, 4) is 17.6 Å². The predicted molar refractivity (Wildman–Crippen MR) is 96.0 cm³/mol. The van der Waals surface area contributed by atoms with Crippen molar-refractivity contribution in [3.63, 3.8) is 0 Å². The summed E-state index contributed by atoms with van der Waals surface area (Å²) >= 11 is 2.02. The largest absolute Gasteiger partial charge is 0.504 e. The molecule has 0 heterocycles. The molecule has 0 aliphatic rings. The lowest BCUT2D eigenvalue weighted by Crippen LogP contribution is -2.14. The molecule has 0 aliphatic heterocycles. The summed E-state index contributed by atoms with van der Waals surface area (Å²) in [6.07, 6.45) is 1.22. The van der Waals surface area contributed by atoms with Crippen molar-refractivity contribution in [2.45, 2.75) is 0 Å². The third-order valence-electron chi connectivity index (χ3n) is 3.08. The second-order valence-electron chi connectivity index (χ2n) is 4.65. The van der Waals surface area contributed by atoms with Gasteiger partial charge in [-0.2, -0.15) is 5.26 Å². The molecule has 5 nitrogen and oxygen atoms in total. The topological polar surface area (TPSA) is 82.3 Å². The van der Waals surface area contributed by atoms with Crippen LogP contribution in [0.15, 0.2) is 42.0 Å². The Balaban J connectivity index is 2.37. The number of carbonyl (C=O) groups excluding carboxylic acids is 1. The number of hydrogen-bond donors (Lipinski definition) is 2. The average molecular weight is 438 g/mol. The van der Waals surface area contributed by atoms with Crippen LogP contribution in [0.1, 0.15) is 5.56 Å². The van der Waals surface area contributed by atoms with Crippen molar-refractivity contribution in [2.24, 2.45) is 0 Å². The number of carbonyl (C=O) groups is 1. The summed E-state index contributed by atoms with van der Waals surface area (Å²) in [5, 5.41) is 21.6. The Kier molecular flexibility index (Phi) is 5.76. The van der Waals surface area contributed by atoms with Gasteiger partial charge in [0.1, 0.15) is 17.5 Å². The van der Waals surface area contributed by atoms with Crippen LogP contribution in [0.2, 0.25) is 0 Å². The van der Waals surface area contributed by atoms with E-state index < -0.39 is 11.7 Å². The number of nitriles is 1. The molecule has 0 bridgehead atoms. The Hall–Kier alpha value is -2.60. The molecule has 0 fully saturated rings. The summed E-state index contributed by atoms with van der Waals surface area (Å²) in [6, 6.07) is 10.6. The number of amides is 1. The fourth-order valence-electron chi connectivity index (χ4n) is 1.92. The minimum absolute atomic E-state index is 0.0342. The van der Waals surface area contributed by atoms with Gasteiger partial charge in [-0.25, -0.2) is 4.39 Å². The van der Waals surface area contributed by atoms with Gasteiger partial charge >= 0.3 is 0 Å². The number of ether oxygens (including phenoxy) is 1. The number of phenols is 1. The third kappa shape index (κ3) is 4.02. The van der Waals surface area contributed by atoms with E-state index >= 15 is 0 Å². The molecule has 1 amide bonds. The molecule has 0 saturated heterocycles. The highest BCUT2D eigenvalue weighted by Crippen LogP contribution is 2.33.